The van der Waals surface area contributed by atoms with Gasteiger partial charge in [0.2, 0.25) is 0 Å². The second-order valence-corrected chi connectivity index (χ2v) is 5.67. The standard InChI is InChI=1S/C14H17ClN2O3/c1-14(2,3)20-13(18)17-16-8-10-9-6-4-5-7-11(9)19-12(10)15/h4-7,16H,8H2,1-3H3,(H,17,18). The van der Waals surface area contributed by atoms with Crippen LogP contribution in [0.5, 0.6) is 0 Å². The van der Waals surface area contributed by atoms with Gasteiger partial charge in [-0.15, -0.1) is 0 Å². The minimum Gasteiger partial charge on any atom is -0.444 e. The van der Waals surface area contributed by atoms with Gasteiger partial charge in [0.25, 0.3) is 0 Å². The van der Waals surface area contributed by atoms with Crippen LogP contribution in [0, 0.1) is 0 Å². The van der Waals surface area contributed by atoms with Gasteiger partial charge >= 0.3 is 6.09 Å². The summed E-state index contributed by atoms with van der Waals surface area (Å²) in [6.07, 6.45) is -0.540. The lowest BCUT2D eigenvalue weighted by Crippen LogP contribution is -2.40. The number of carbonyl (C=O) groups is 1. The van der Waals surface area contributed by atoms with Crippen molar-refractivity contribution in [3.05, 3.63) is 35.0 Å². The highest BCUT2D eigenvalue weighted by Crippen LogP contribution is 2.29. The quantitative estimate of drug-likeness (QED) is 0.849. The fourth-order valence-electron chi connectivity index (χ4n) is 1.74. The second kappa shape index (κ2) is 5.73. The van der Waals surface area contributed by atoms with Gasteiger partial charge in [0.05, 0.1) is 0 Å². The lowest BCUT2D eigenvalue weighted by atomic mass is 10.2. The lowest BCUT2D eigenvalue weighted by molar-refractivity contribution is 0.0497. The van der Waals surface area contributed by atoms with Gasteiger partial charge in [0.1, 0.15) is 11.2 Å². The van der Waals surface area contributed by atoms with Crippen molar-refractivity contribution in [1.29, 1.82) is 0 Å². The molecule has 2 aromatic rings. The Labute approximate surface area is 122 Å². The molecule has 0 aliphatic rings. The number of furan rings is 1. The highest BCUT2D eigenvalue weighted by atomic mass is 35.5. The number of hydrogen-bond donors (Lipinski definition) is 2. The Morgan fingerprint density at radius 3 is 2.75 bits per heavy atom. The zero-order chi connectivity index (χ0) is 14.8. The number of fused-ring (bicyclic) bond motifs is 1. The molecule has 20 heavy (non-hydrogen) atoms. The van der Waals surface area contributed by atoms with E-state index < -0.39 is 11.7 Å². The Balaban J connectivity index is 1.96. The van der Waals surface area contributed by atoms with Crippen molar-refractivity contribution in [1.82, 2.24) is 10.9 Å². The molecule has 1 amide bonds. The van der Waals surface area contributed by atoms with Crippen LogP contribution in [0.4, 0.5) is 4.79 Å². The molecule has 0 unspecified atom stereocenters. The first kappa shape index (κ1) is 14.7. The molecule has 0 bridgehead atoms. The predicted molar refractivity (Wildman–Crippen MR) is 77.4 cm³/mol. The maximum absolute atomic E-state index is 11.5. The number of benzene rings is 1. The summed E-state index contributed by atoms with van der Waals surface area (Å²) in [7, 11) is 0. The summed E-state index contributed by atoms with van der Waals surface area (Å²) in [6, 6.07) is 7.53. The maximum Gasteiger partial charge on any atom is 0.422 e. The second-order valence-electron chi connectivity index (χ2n) is 5.33. The molecule has 108 valence electrons. The van der Waals surface area contributed by atoms with Crippen molar-refractivity contribution in [2.75, 3.05) is 0 Å². The van der Waals surface area contributed by atoms with Crippen molar-refractivity contribution in [3.63, 3.8) is 0 Å². The van der Waals surface area contributed by atoms with Crippen LogP contribution in [-0.2, 0) is 11.3 Å². The number of carbonyl (C=O) groups excluding carboxylic acids is 1. The molecule has 1 aromatic heterocycles. The molecule has 0 spiro atoms. The number of rotatable bonds is 3. The summed E-state index contributed by atoms with van der Waals surface area (Å²) in [5, 5.41) is 1.22. The fraction of sp³-hybridized carbons (Fsp3) is 0.357. The summed E-state index contributed by atoms with van der Waals surface area (Å²) in [4.78, 5) is 11.5. The minimum absolute atomic E-state index is 0.310. The normalized spacial score (nSPS) is 11.6. The number of nitrogens with one attached hydrogen (secondary N) is 2. The summed E-state index contributed by atoms with van der Waals surface area (Å²) in [5.74, 6) is 0. The van der Waals surface area contributed by atoms with E-state index in [1.165, 1.54) is 0 Å². The molecule has 0 aliphatic heterocycles. The Morgan fingerprint density at radius 2 is 2.05 bits per heavy atom. The molecule has 2 rings (SSSR count). The van der Waals surface area contributed by atoms with Gasteiger partial charge in [0, 0.05) is 17.5 Å². The number of amides is 1. The van der Waals surface area contributed by atoms with Gasteiger partial charge in [-0.1, -0.05) is 18.2 Å². The van der Waals surface area contributed by atoms with Crippen LogP contribution >= 0.6 is 11.6 Å². The summed E-state index contributed by atoms with van der Waals surface area (Å²) in [5.41, 5.74) is 6.20. The molecule has 6 heteroatoms. The van der Waals surface area contributed by atoms with E-state index in [0.29, 0.717) is 17.3 Å². The van der Waals surface area contributed by atoms with E-state index in [4.69, 9.17) is 20.8 Å². The van der Waals surface area contributed by atoms with E-state index in [2.05, 4.69) is 10.9 Å². The zero-order valence-electron chi connectivity index (χ0n) is 11.6. The molecule has 0 saturated carbocycles. The first-order valence-corrected chi connectivity index (χ1v) is 6.62. The highest BCUT2D eigenvalue weighted by Gasteiger charge is 2.16. The maximum atomic E-state index is 11.5. The van der Waals surface area contributed by atoms with E-state index in [9.17, 15) is 4.79 Å². The van der Waals surface area contributed by atoms with Crippen molar-refractivity contribution in [2.24, 2.45) is 0 Å². The molecule has 0 radical (unpaired) electrons. The van der Waals surface area contributed by atoms with E-state index in [1.54, 1.807) is 20.8 Å². The van der Waals surface area contributed by atoms with Crippen LogP contribution in [0.2, 0.25) is 5.22 Å². The predicted octanol–water partition coefficient (Wildman–Crippen LogP) is 3.62. The summed E-state index contributed by atoms with van der Waals surface area (Å²) < 4.78 is 10.5. The molecular weight excluding hydrogens is 280 g/mol. The first-order chi connectivity index (χ1) is 9.37. The molecule has 0 saturated heterocycles. The summed E-state index contributed by atoms with van der Waals surface area (Å²) in [6.45, 7) is 5.74. The van der Waals surface area contributed by atoms with Crippen LogP contribution in [0.15, 0.2) is 28.7 Å². The van der Waals surface area contributed by atoms with E-state index in [1.807, 2.05) is 24.3 Å². The van der Waals surface area contributed by atoms with Gasteiger partial charge in [-0.05, 0) is 38.4 Å². The number of ether oxygens (including phenoxy) is 1. The topological polar surface area (TPSA) is 63.5 Å². The van der Waals surface area contributed by atoms with E-state index in [0.717, 1.165) is 10.9 Å². The van der Waals surface area contributed by atoms with Crippen molar-refractivity contribution in [3.8, 4) is 0 Å². The third-order valence-corrected chi connectivity index (χ3v) is 2.81. The third kappa shape index (κ3) is 3.65. The largest absolute Gasteiger partial charge is 0.444 e. The minimum atomic E-state index is -0.540. The van der Waals surface area contributed by atoms with Crippen LogP contribution in [0.25, 0.3) is 11.0 Å². The van der Waals surface area contributed by atoms with Gasteiger partial charge in [-0.3, -0.25) is 5.43 Å². The van der Waals surface area contributed by atoms with Gasteiger partial charge in [-0.2, -0.15) is 0 Å². The average molecular weight is 297 g/mol. The molecule has 1 heterocycles. The zero-order valence-corrected chi connectivity index (χ0v) is 12.4. The Kier molecular flexibility index (Phi) is 4.20. The van der Waals surface area contributed by atoms with Gasteiger partial charge in [0.15, 0.2) is 5.22 Å². The molecule has 1 aromatic carbocycles. The Hall–Kier alpha value is -1.72. The highest BCUT2D eigenvalue weighted by molar-refractivity contribution is 6.30. The SMILES string of the molecule is CC(C)(C)OC(=O)NNCc1c(Cl)oc2ccccc12. The number of halogens is 1. The van der Waals surface area contributed by atoms with Crippen LogP contribution in [0.1, 0.15) is 26.3 Å². The molecule has 2 N–H and O–H groups in total. The third-order valence-electron chi connectivity index (χ3n) is 2.50. The van der Waals surface area contributed by atoms with Crippen molar-refractivity contribution in [2.45, 2.75) is 32.9 Å². The number of hydrogen-bond acceptors (Lipinski definition) is 4. The fourth-order valence-corrected chi connectivity index (χ4v) is 1.99. The smallest absolute Gasteiger partial charge is 0.422 e. The molecule has 0 atom stereocenters. The van der Waals surface area contributed by atoms with Gasteiger partial charge < -0.3 is 9.15 Å². The molecular formula is C14H17ClN2O3. The Morgan fingerprint density at radius 1 is 1.35 bits per heavy atom. The Bertz CT molecular complexity index is 616. The van der Waals surface area contributed by atoms with Crippen molar-refractivity contribution >= 4 is 28.7 Å². The van der Waals surface area contributed by atoms with E-state index in [-0.39, 0.29) is 0 Å². The van der Waals surface area contributed by atoms with Crippen LogP contribution in [0.3, 0.4) is 0 Å². The van der Waals surface area contributed by atoms with Crippen molar-refractivity contribution < 1.29 is 13.9 Å². The lowest BCUT2D eigenvalue weighted by Gasteiger charge is -2.19. The molecule has 0 fully saturated rings. The van der Waals surface area contributed by atoms with E-state index >= 15 is 0 Å². The van der Waals surface area contributed by atoms with Gasteiger partial charge in [-0.25, -0.2) is 10.2 Å². The number of para-hydroxylation sites is 1. The molecule has 5 nitrogen and oxygen atoms in total. The van der Waals surface area contributed by atoms with Crippen LogP contribution < -0.4 is 10.9 Å². The first-order valence-electron chi connectivity index (χ1n) is 6.24. The average Bonchev–Trinajstić information content (AvgIpc) is 2.64. The van der Waals surface area contributed by atoms with Crippen LogP contribution in [-0.4, -0.2) is 11.7 Å². The number of hydrazine groups is 1. The monoisotopic (exact) mass is 296 g/mol. The summed E-state index contributed by atoms with van der Waals surface area (Å²) >= 11 is 6.04. The molecule has 0 aliphatic carbocycles.